The van der Waals surface area contributed by atoms with Gasteiger partial charge in [0.15, 0.2) is 11.7 Å². The number of rotatable bonds is 12. The Kier molecular flexibility index (Phi) is 15.3. The number of hydrogen-bond donors (Lipinski definition) is 0. The molecule has 0 bridgehead atoms. The summed E-state index contributed by atoms with van der Waals surface area (Å²) < 4.78 is 42.1. The molecule has 32 heavy (non-hydrogen) atoms. The Morgan fingerprint density at radius 2 is 1.28 bits per heavy atom. The summed E-state index contributed by atoms with van der Waals surface area (Å²) in [5.74, 6) is -2.18. The molecule has 0 aromatic heterocycles. The summed E-state index contributed by atoms with van der Waals surface area (Å²) in [4.78, 5) is 0. The van der Waals surface area contributed by atoms with E-state index in [4.69, 9.17) is 0 Å². The molecule has 0 aromatic carbocycles. The Morgan fingerprint density at radius 3 is 1.75 bits per heavy atom. The highest BCUT2D eigenvalue weighted by Crippen LogP contribution is 2.27. The van der Waals surface area contributed by atoms with Crippen molar-refractivity contribution in [1.29, 1.82) is 0 Å². The van der Waals surface area contributed by atoms with E-state index < -0.39 is 17.5 Å². The zero-order valence-corrected chi connectivity index (χ0v) is 20.1. The molecule has 0 rings (SSSR count). The highest BCUT2D eigenvalue weighted by atomic mass is 19.2. The van der Waals surface area contributed by atoms with Crippen LogP contribution in [0.15, 0.2) is 133 Å². The SMILES string of the molecule is C=C.C=C(/C=C\C(=C)C(=C)/C(F)=C(/F)C(=C)C)C(=C)/C=C(/F)C(=C)/C(C)=C/CC(C)CC. The molecule has 1 atom stereocenters. The van der Waals surface area contributed by atoms with Gasteiger partial charge < -0.3 is 0 Å². The van der Waals surface area contributed by atoms with E-state index in [0.29, 0.717) is 17.1 Å². The lowest BCUT2D eigenvalue weighted by Gasteiger charge is -2.08. The zero-order valence-electron chi connectivity index (χ0n) is 20.1. The molecule has 0 aromatic rings. The quantitative estimate of drug-likeness (QED) is 0.208. The number of hydrogen-bond acceptors (Lipinski definition) is 0. The van der Waals surface area contributed by atoms with E-state index in [-0.39, 0.29) is 22.3 Å². The van der Waals surface area contributed by atoms with Gasteiger partial charge in [-0.05, 0) is 60.1 Å². The van der Waals surface area contributed by atoms with Gasteiger partial charge in [0, 0.05) is 11.1 Å². The van der Waals surface area contributed by atoms with E-state index >= 15 is 0 Å². The molecule has 0 radical (unpaired) electrons. The lowest BCUT2D eigenvalue weighted by Crippen LogP contribution is -1.92. The minimum atomic E-state index is -1.12. The maximum Gasteiger partial charge on any atom is 0.166 e. The smallest absolute Gasteiger partial charge is 0.166 e. The fraction of sp³-hybridized carbons (Fsp3) is 0.241. The molecule has 0 aliphatic heterocycles. The minimum absolute atomic E-state index is 0.0439. The Bertz CT molecular complexity index is 885. The molecule has 0 aliphatic carbocycles. The number of halogens is 3. The molecule has 0 fully saturated rings. The summed E-state index contributed by atoms with van der Waals surface area (Å²) in [5, 5.41) is 0. The van der Waals surface area contributed by atoms with Crippen LogP contribution in [-0.4, -0.2) is 0 Å². The Morgan fingerprint density at radius 1 is 0.781 bits per heavy atom. The van der Waals surface area contributed by atoms with E-state index in [1.54, 1.807) is 0 Å². The highest BCUT2D eigenvalue weighted by molar-refractivity contribution is 5.53. The van der Waals surface area contributed by atoms with Crippen molar-refractivity contribution in [2.75, 3.05) is 0 Å². The van der Waals surface area contributed by atoms with Gasteiger partial charge in [0.25, 0.3) is 0 Å². The van der Waals surface area contributed by atoms with Crippen molar-refractivity contribution < 1.29 is 13.2 Å². The van der Waals surface area contributed by atoms with Gasteiger partial charge in [-0.3, -0.25) is 0 Å². The van der Waals surface area contributed by atoms with Crippen LogP contribution in [-0.2, 0) is 0 Å². The second kappa shape index (κ2) is 15.7. The van der Waals surface area contributed by atoms with Gasteiger partial charge in [0.2, 0.25) is 0 Å². The van der Waals surface area contributed by atoms with Gasteiger partial charge in [-0.15, -0.1) is 13.2 Å². The predicted molar refractivity (Wildman–Crippen MR) is 137 cm³/mol. The number of allylic oxidation sites excluding steroid dienone is 14. The van der Waals surface area contributed by atoms with E-state index in [1.165, 1.54) is 25.2 Å². The van der Waals surface area contributed by atoms with Crippen molar-refractivity contribution in [3.63, 3.8) is 0 Å². The average Bonchev–Trinajstić information content (AvgIpc) is 2.79. The van der Waals surface area contributed by atoms with Crippen molar-refractivity contribution in [1.82, 2.24) is 0 Å². The van der Waals surface area contributed by atoms with Gasteiger partial charge in [-0.25, -0.2) is 13.2 Å². The zero-order chi connectivity index (χ0) is 25.6. The Labute approximate surface area is 193 Å². The third-order valence-electron chi connectivity index (χ3n) is 4.71. The Balaban J connectivity index is 0. The maximum atomic E-state index is 14.5. The van der Waals surface area contributed by atoms with E-state index in [9.17, 15) is 13.2 Å². The summed E-state index contributed by atoms with van der Waals surface area (Å²) >= 11 is 0. The van der Waals surface area contributed by atoms with Crippen LogP contribution in [0.2, 0.25) is 0 Å². The van der Waals surface area contributed by atoms with Crippen molar-refractivity contribution in [2.24, 2.45) is 5.92 Å². The van der Waals surface area contributed by atoms with Crippen molar-refractivity contribution in [2.45, 2.75) is 40.5 Å². The van der Waals surface area contributed by atoms with E-state index in [2.05, 4.69) is 66.5 Å². The molecular formula is C29H37F3. The Hall–Kier alpha value is -3.07. The second-order valence-electron chi connectivity index (χ2n) is 7.40. The molecule has 0 saturated heterocycles. The summed E-state index contributed by atoms with van der Waals surface area (Å²) in [6.07, 6.45) is 8.03. The maximum absolute atomic E-state index is 14.5. The normalized spacial score (nSPS) is 13.5. The third kappa shape index (κ3) is 10.8. The van der Waals surface area contributed by atoms with Crippen molar-refractivity contribution in [3.8, 4) is 0 Å². The first kappa shape index (κ1) is 31.1. The van der Waals surface area contributed by atoms with Crippen LogP contribution in [0.5, 0.6) is 0 Å². The molecule has 0 spiro atoms. The summed E-state index contributed by atoms with van der Waals surface area (Å²) in [7, 11) is 0. The average molecular weight is 443 g/mol. The first-order chi connectivity index (χ1) is 14.8. The van der Waals surface area contributed by atoms with E-state index in [0.717, 1.165) is 18.4 Å². The van der Waals surface area contributed by atoms with Gasteiger partial charge in [0.1, 0.15) is 5.83 Å². The van der Waals surface area contributed by atoms with Crippen LogP contribution in [0.3, 0.4) is 0 Å². The largest absolute Gasteiger partial charge is 0.206 e. The molecule has 1 unspecified atom stereocenters. The van der Waals surface area contributed by atoms with Gasteiger partial charge in [-0.2, -0.15) is 0 Å². The second-order valence-corrected chi connectivity index (χ2v) is 7.40. The highest BCUT2D eigenvalue weighted by Gasteiger charge is 2.12. The van der Waals surface area contributed by atoms with Crippen LogP contribution < -0.4 is 0 Å². The fourth-order valence-electron chi connectivity index (χ4n) is 2.06. The third-order valence-corrected chi connectivity index (χ3v) is 4.71. The van der Waals surface area contributed by atoms with Gasteiger partial charge in [0.05, 0.1) is 0 Å². The summed E-state index contributed by atoms with van der Waals surface area (Å²) in [6, 6.07) is 0. The molecule has 0 nitrogen and oxygen atoms in total. The summed E-state index contributed by atoms with van der Waals surface area (Å²) in [5.41, 5.74) is 1.66. The van der Waals surface area contributed by atoms with Crippen LogP contribution in [0, 0.1) is 5.92 Å². The lowest BCUT2D eigenvalue weighted by atomic mass is 9.99. The molecule has 0 N–H and O–H groups in total. The molecule has 0 heterocycles. The molecule has 174 valence electrons. The van der Waals surface area contributed by atoms with Crippen LogP contribution in [0.1, 0.15) is 40.5 Å². The van der Waals surface area contributed by atoms with Crippen LogP contribution >= 0.6 is 0 Å². The molecule has 0 saturated carbocycles. The van der Waals surface area contributed by atoms with Gasteiger partial charge in [-0.1, -0.05) is 78.0 Å². The minimum Gasteiger partial charge on any atom is -0.206 e. The van der Waals surface area contributed by atoms with Crippen LogP contribution in [0.25, 0.3) is 0 Å². The summed E-state index contributed by atoms with van der Waals surface area (Å²) in [6.45, 7) is 35.3. The van der Waals surface area contributed by atoms with Crippen LogP contribution in [0.4, 0.5) is 13.2 Å². The van der Waals surface area contributed by atoms with E-state index in [1.807, 2.05) is 13.0 Å². The fourth-order valence-corrected chi connectivity index (χ4v) is 2.06. The monoisotopic (exact) mass is 442 g/mol. The molecular weight excluding hydrogens is 405 g/mol. The lowest BCUT2D eigenvalue weighted by molar-refractivity contribution is 0.558. The van der Waals surface area contributed by atoms with Crippen molar-refractivity contribution in [3.05, 3.63) is 133 Å². The topological polar surface area (TPSA) is 0 Å². The predicted octanol–water partition coefficient (Wildman–Crippen LogP) is 10.1. The first-order valence-electron chi connectivity index (χ1n) is 10.2. The standard InChI is InChI=1S/C27H33F3.C2H4/c1-11-18(4)12-13-20(6)23(9)25(28)16-22(8)19(5)14-15-21(7)24(10)27(30)26(29)17(2)3;1-2/h13-16,18H,2,5,7-12H2,1,3-4,6H3;1-2H2/b15-14-,20-13+,25-16+,27-26-;. The first-order valence-corrected chi connectivity index (χ1v) is 10.2. The van der Waals surface area contributed by atoms with Crippen molar-refractivity contribution >= 4 is 0 Å². The molecule has 0 aliphatic rings. The molecule has 0 amide bonds. The molecule has 3 heteroatoms. The van der Waals surface area contributed by atoms with Gasteiger partial charge >= 0.3 is 0 Å².